The Morgan fingerprint density at radius 2 is 1.64 bits per heavy atom. The lowest BCUT2D eigenvalue weighted by atomic mass is 9.63. The zero-order valence-electron chi connectivity index (χ0n) is 21.8. The van der Waals surface area contributed by atoms with Crippen LogP contribution in [-0.2, 0) is 4.74 Å². The highest BCUT2D eigenvalue weighted by atomic mass is 19.1. The van der Waals surface area contributed by atoms with Crippen LogP contribution >= 0.6 is 0 Å². The van der Waals surface area contributed by atoms with Gasteiger partial charge in [0.05, 0.1) is 5.54 Å². The fourth-order valence-electron chi connectivity index (χ4n) is 6.71. The van der Waals surface area contributed by atoms with Gasteiger partial charge in [0.1, 0.15) is 29.6 Å². The molecule has 0 bridgehead atoms. The lowest BCUT2D eigenvalue weighted by Crippen LogP contribution is -2.30. The lowest BCUT2D eigenvalue weighted by Gasteiger charge is -2.42. The van der Waals surface area contributed by atoms with E-state index in [0.717, 1.165) is 36.2 Å². The Labute approximate surface area is 213 Å². The highest BCUT2D eigenvalue weighted by molar-refractivity contribution is 5.96. The van der Waals surface area contributed by atoms with Gasteiger partial charge in [-0.05, 0) is 98.9 Å². The summed E-state index contributed by atoms with van der Waals surface area (Å²) in [5.41, 5.74) is 0.592. The molecule has 4 atom stereocenters. The van der Waals surface area contributed by atoms with Gasteiger partial charge in [0.15, 0.2) is 0 Å². The van der Waals surface area contributed by atoms with Crippen LogP contribution in [0.25, 0.3) is 11.1 Å². The maximum Gasteiger partial charge on any atom is 0.222 e. The number of aliphatic imine (C=N–C) groups is 1. The van der Waals surface area contributed by atoms with Crippen molar-refractivity contribution in [3.05, 3.63) is 58.9 Å². The molecule has 0 N–H and O–H groups in total. The smallest absolute Gasteiger partial charge is 0.222 e. The number of rotatable bonds is 6. The van der Waals surface area contributed by atoms with Crippen molar-refractivity contribution >= 4 is 5.90 Å². The maximum absolute atomic E-state index is 15.3. The van der Waals surface area contributed by atoms with Gasteiger partial charge in [0.25, 0.3) is 0 Å². The third-order valence-electron chi connectivity index (χ3n) is 8.69. The van der Waals surface area contributed by atoms with Crippen molar-refractivity contribution in [2.24, 2.45) is 22.7 Å². The molecule has 36 heavy (non-hydrogen) atoms. The van der Waals surface area contributed by atoms with Crippen LogP contribution in [0.2, 0.25) is 0 Å². The molecule has 2 aliphatic carbocycles. The molecule has 0 aromatic heterocycles. The topological polar surface area (TPSA) is 21.6 Å². The lowest BCUT2D eigenvalue weighted by molar-refractivity contribution is 0.113. The van der Waals surface area contributed by atoms with E-state index in [1.807, 2.05) is 19.9 Å². The Morgan fingerprint density at radius 1 is 0.917 bits per heavy atom. The van der Waals surface area contributed by atoms with Gasteiger partial charge in [0.2, 0.25) is 5.90 Å². The van der Waals surface area contributed by atoms with E-state index in [0.29, 0.717) is 5.92 Å². The summed E-state index contributed by atoms with van der Waals surface area (Å²) in [6, 6.07) is 7.57. The molecule has 2 aromatic carbocycles. The quantitative estimate of drug-likeness (QED) is 0.391. The van der Waals surface area contributed by atoms with Crippen LogP contribution in [0.4, 0.5) is 13.2 Å². The number of hydrogen-bond acceptors (Lipinski definition) is 2. The zero-order valence-corrected chi connectivity index (χ0v) is 21.8. The van der Waals surface area contributed by atoms with E-state index in [9.17, 15) is 8.78 Å². The normalized spacial score (nSPS) is 27.3. The predicted octanol–water partition coefficient (Wildman–Crippen LogP) is 8.82. The van der Waals surface area contributed by atoms with Gasteiger partial charge in [0, 0.05) is 5.56 Å². The third-order valence-corrected chi connectivity index (χ3v) is 8.69. The van der Waals surface area contributed by atoms with Crippen LogP contribution < -0.4 is 0 Å². The summed E-state index contributed by atoms with van der Waals surface area (Å²) in [5.74, 6) is 0.766. The molecule has 0 amide bonds. The second-order valence-electron chi connectivity index (χ2n) is 11.9. The largest absolute Gasteiger partial charge is 0.475 e. The monoisotopic (exact) mass is 497 g/mol. The maximum atomic E-state index is 15.3. The number of benzene rings is 2. The predicted molar refractivity (Wildman–Crippen MR) is 139 cm³/mol. The number of hydrogen-bond donors (Lipinski definition) is 0. The fraction of sp³-hybridized carbons (Fsp3) is 0.581. The van der Waals surface area contributed by atoms with Crippen molar-refractivity contribution in [3.8, 4) is 11.1 Å². The molecule has 2 aromatic rings. The van der Waals surface area contributed by atoms with Gasteiger partial charge in [-0.2, -0.15) is 0 Å². The van der Waals surface area contributed by atoms with Crippen LogP contribution in [0.15, 0.2) is 35.3 Å². The molecule has 0 radical (unpaired) electrons. The Hall–Kier alpha value is -2.30. The van der Waals surface area contributed by atoms with E-state index in [2.05, 4.69) is 11.9 Å². The van der Waals surface area contributed by atoms with E-state index in [1.165, 1.54) is 57.1 Å². The fourth-order valence-corrected chi connectivity index (χ4v) is 6.71. The summed E-state index contributed by atoms with van der Waals surface area (Å²) >= 11 is 0. The van der Waals surface area contributed by atoms with Gasteiger partial charge in [-0.25, -0.2) is 18.2 Å². The van der Waals surface area contributed by atoms with Crippen molar-refractivity contribution in [2.75, 3.05) is 6.61 Å². The minimum Gasteiger partial charge on any atom is -0.475 e. The average Bonchev–Trinajstić information content (AvgIpc) is 3.20. The number of ether oxygens (including phenoxy) is 1. The first-order valence-corrected chi connectivity index (χ1v) is 13.8. The molecule has 2 nitrogen and oxygen atoms in total. The van der Waals surface area contributed by atoms with Crippen LogP contribution in [0.3, 0.4) is 0 Å². The van der Waals surface area contributed by atoms with Crippen molar-refractivity contribution < 1.29 is 17.9 Å². The summed E-state index contributed by atoms with van der Waals surface area (Å²) in [5, 5.41) is 0. The molecule has 0 spiro atoms. The van der Waals surface area contributed by atoms with E-state index in [1.54, 1.807) is 12.1 Å². The molecule has 0 saturated heterocycles. The molecular weight excluding hydrogens is 459 g/mol. The van der Waals surface area contributed by atoms with Crippen molar-refractivity contribution in [1.82, 2.24) is 0 Å². The molecule has 5 heteroatoms. The van der Waals surface area contributed by atoms with Crippen LogP contribution in [0.5, 0.6) is 0 Å². The highest BCUT2D eigenvalue weighted by Gasteiger charge is 2.36. The van der Waals surface area contributed by atoms with Crippen LogP contribution in [0.1, 0.15) is 95.6 Å². The number of nitrogens with zero attached hydrogens (tertiary/aromatic N) is 1. The van der Waals surface area contributed by atoms with Crippen molar-refractivity contribution in [1.29, 1.82) is 0 Å². The molecule has 4 unspecified atom stereocenters. The van der Waals surface area contributed by atoms with Crippen LogP contribution in [0, 0.1) is 35.2 Å². The molecule has 1 heterocycles. The molecule has 2 fully saturated rings. The minimum absolute atomic E-state index is 0.0348. The van der Waals surface area contributed by atoms with E-state index in [4.69, 9.17) is 4.74 Å². The Bertz CT molecular complexity index is 1120. The van der Waals surface area contributed by atoms with Crippen LogP contribution in [-0.4, -0.2) is 18.0 Å². The van der Waals surface area contributed by atoms with Gasteiger partial charge < -0.3 is 4.74 Å². The minimum atomic E-state index is -0.794. The second kappa shape index (κ2) is 10.2. The Morgan fingerprint density at radius 3 is 2.31 bits per heavy atom. The van der Waals surface area contributed by atoms with Gasteiger partial charge >= 0.3 is 0 Å². The first kappa shape index (κ1) is 25.4. The molecule has 1 aliphatic heterocycles. The third kappa shape index (κ3) is 5.21. The summed E-state index contributed by atoms with van der Waals surface area (Å²) in [6.45, 7) is 6.21. The van der Waals surface area contributed by atoms with Gasteiger partial charge in [-0.1, -0.05) is 44.7 Å². The highest BCUT2D eigenvalue weighted by Crippen LogP contribution is 2.48. The molecule has 194 valence electrons. The van der Waals surface area contributed by atoms with E-state index in [-0.39, 0.29) is 29.2 Å². The van der Waals surface area contributed by atoms with Crippen molar-refractivity contribution in [3.63, 3.8) is 0 Å². The first-order chi connectivity index (χ1) is 17.2. The molecular formula is C31H38F3NO. The number of unbranched alkanes of at least 4 members (excludes halogenated alkanes) is 1. The first-order valence-electron chi connectivity index (χ1n) is 13.8. The molecule has 2 saturated carbocycles. The zero-order chi connectivity index (χ0) is 25.4. The molecule has 5 rings (SSSR count). The number of fused-ring (bicyclic) bond motifs is 1. The standard InChI is InChI=1S/C31H38F3NO/c1-4-5-6-19-7-8-21-14-22(10-9-20(21)13-19)23-11-12-25(26(32)15-23)24-16-27(33)29(28(34)17-24)30-35-31(2,3)18-36-30/h11-12,15-17,19-22H,4-10,13-14,18H2,1-3H3. The Kier molecular flexibility index (Phi) is 7.20. The summed E-state index contributed by atoms with van der Waals surface area (Å²) in [7, 11) is 0. The number of halogens is 3. The summed E-state index contributed by atoms with van der Waals surface area (Å²) < 4.78 is 50.6. The SMILES string of the molecule is CCCCC1CCC2CC(c3ccc(-c4cc(F)c(C5=NC(C)(C)CO5)c(F)c4)c(F)c3)CCC2C1. The average molecular weight is 498 g/mol. The van der Waals surface area contributed by atoms with Gasteiger partial charge in [-0.3, -0.25) is 0 Å². The Balaban J connectivity index is 1.30. The van der Waals surface area contributed by atoms with Crippen molar-refractivity contribution in [2.45, 2.75) is 90.0 Å². The second-order valence-corrected chi connectivity index (χ2v) is 11.9. The van der Waals surface area contributed by atoms with E-state index < -0.39 is 23.0 Å². The summed E-state index contributed by atoms with van der Waals surface area (Å²) in [6.07, 6.45) is 11.4. The summed E-state index contributed by atoms with van der Waals surface area (Å²) in [4.78, 5) is 4.28. The van der Waals surface area contributed by atoms with E-state index >= 15 is 4.39 Å². The van der Waals surface area contributed by atoms with Gasteiger partial charge in [-0.15, -0.1) is 0 Å². The molecule has 3 aliphatic rings.